The van der Waals surface area contributed by atoms with Crippen LogP contribution in [0.5, 0.6) is 5.75 Å². The Balaban J connectivity index is 2.69. The van der Waals surface area contributed by atoms with Crippen LogP contribution in [-0.4, -0.2) is 34.5 Å². The van der Waals surface area contributed by atoms with Gasteiger partial charge in [-0.1, -0.05) is 0 Å². The zero-order valence-corrected chi connectivity index (χ0v) is 14.4. The van der Waals surface area contributed by atoms with Gasteiger partial charge < -0.3 is 14.8 Å². The zero-order chi connectivity index (χ0) is 18.5. The number of nitrogens with one attached hydrogen (secondary N) is 1. The second-order valence-corrected chi connectivity index (χ2v) is 6.23. The van der Waals surface area contributed by atoms with Crippen molar-refractivity contribution < 1.29 is 24.0 Å². The third kappa shape index (κ3) is 5.62. The normalized spacial score (nSPS) is 11.7. The molecule has 24 heavy (non-hydrogen) atoms. The average Bonchev–Trinajstić information content (AvgIpc) is 2.45. The molecule has 132 valence electrons. The maximum absolute atomic E-state index is 12.2. The minimum Gasteiger partial charge on any atom is -0.480 e. The van der Waals surface area contributed by atoms with Crippen molar-refractivity contribution in [3.8, 4) is 5.75 Å². The molecule has 0 radical (unpaired) electrons. The Labute approximate surface area is 140 Å². The number of carbonyl (C=O) groups is 2. The molecule has 1 amide bonds. The van der Waals surface area contributed by atoms with Crippen molar-refractivity contribution in [1.29, 1.82) is 0 Å². The molecule has 0 aromatic heterocycles. The number of amides is 1. The Bertz CT molecular complexity index is 622. The highest BCUT2D eigenvalue weighted by molar-refractivity contribution is 5.89. The minimum atomic E-state index is -1.65. The summed E-state index contributed by atoms with van der Waals surface area (Å²) in [6.45, 7) is 6.62. The Kier molecular flexibility index (Phi) is 6.03. The summed E-state index contributed by atoms with van der Waals surface area (Å²) >= 11 is 0. The standard InChI is InChI=1S/C16H22N2O6/c1-11(19)17-12-6-8-13(9-7-12)24-15(2,3)14(20)10-23-16(4,5)18(21)22/h6-9H,10H2,1-5H3,(H,17,19). The Hall–Kier alpha value is -2.48. The molecule has 0 atom stereocenters. The average molecular weight is 338 g/mol. The Morgan fingerprint density at radius 2 is 1.71 bits per heavy atom. The van der Waals surface area contributed by atoms with E-state index in [1.807, 2.05) is 0 Å². The number of ether oxygens (including phenoxy) is 2. The molecule has 0 saturated heterocycles. The van der Waals surface area contributed by atoms with Gasteiger partial charge in [-0.2, -0.15) is 0 Å². The van der Waals surface area contributed by atoms with Gasteiger partial charge in [0.2, 0.25) is 11.7 Å². The minimum absolute atomic E-state index is 0.190. The van der Waals surface area contributed by atoms with Crippen LogP contribution >= 0.6 is 0 Å². The van der Waals surface area contributed by atoms with E-state index in [0.29, 0.717) is 11.4 Å². The van der Waals surface area contributed by atoms with E-state index >= 15 is 0 Å². The van der Waals surface area contributed by atoms with Crippen molar-refractivity contribution in [2.45, 2.75) is 45.9 Å². The summed E-state index contributed by atoms with van der Waals surface area (Å²) in [5, 5.41) is 13.4. The van der Waals surface area contributed by atoms with Gasteiger partial charge in [0.05, 0.1) is 4.92 Å². The third-order valence-electron chi connectivity index (χ3n) is 3.22. The molecule has 0 bridgehead atoms. The molecule has 0 aliphatic carbocycles. The van der Waals surface area contributed by atoms with Crippen molar-refractivity contribution in [2.24, 2.45) is 0 Å². The van der Waals surface area contributed by atoms with Gasteiger partial charge in [-0.05, 0) is 38.1 Å². The third-order valence-corrected chi connectivity index (χ3v) is 3.22. The van der Waals surface area contributed by atoms with Crippen molar-refractivity contribution >= 4 is 17.4 Å². The second kappa shape index (κ2) is 7.39. The van der Waals surface area contributed by atoms with Crippen molar-refractivity contribution in [1.82, 2.24) is 0 Å². The highest BCUT2D eigenvalue weighted by Gasteiger charge is 2.36. The van der Waals surface area contributed by atoms with Gasteiger partial charge in [0.15, 0.2) is 5.60 Å². The van der Waals surface area contributed by atoms with Crippen LogP contribution in [0.3, 0.4) is 0 Å². The first kappa shape index (κ1) is 19.6. The molecule has 0 aliphatic heterocycles. The van der Waals surface area contributed by atoms with Gasteiger partial charge >= 0.3 is 5.72 Å². The van der Waals surface area contributed by atoms with E-state index in [9.17, 15) is 19.7 Å². The monoisotopic (exact) mass is 338 g/mol. The fourth-order valence-electron chi connectivity index (χ4n) is 1.63. The Morgan fingerprint density at radius 1 is 1.17 bits per heavy atom. The number of Topliss-reactive ketones (excluding diaryl/α,β-unsaturated/α-hetero) is 1. The quantitative estimate of drug-likeness (QED) is 0.443. The number of ketones is 1. The van der Waals surface area contributed by atoms with E-state index in [2.05, 4.69) is 5.32 Å². The highest BCUT2D eigenvalue weighted by Crippen LogP contribution is 2.22. The van der Waals surface area contributed by atoms with Crippen LogP contribution in [0.25, 0.3) is 0 Å². The van der Waals surface area contributed by atoms with E-state index in [-0.39, 0.29) is 5.91 Å². The SMILES string of the molecule is CC(=O)Nc1ccc(OC(C)(C)C(=O)COC(C)(C)[N+](=O)[O-])cc1. The number of nitrogens with zero attached hydrogens (tertiary/aromatic N) is 1. The zero-order valence-electron chi connectivity index (χ0n) is 14.4. The van der Waals surface area contributed by atoms with Crippen LogP contribution in [-0.2, 0) is 14.3 Å². The van der Waals surface area contributed by atoms with Crippen molar-refractivity contribution in [3.05, 3.63) is 34.4 Å². The van der Waals surface area contributed by atoms with E-state index in [4.69, 9.17) is 9.47 Å². The lowest BCUT2D eigenvalue weighted by Gasteiger charge is -2.26. The predicted molar refractivity (Wildman–Crippen MR) is 87.5 cm³/mol. The highest BCUT2D eigenvalue weighted by atomic mass is 16.7. The molecular formula is C16H22N2O6. The van der Waals surface area contributed by atoms with Crippen LogP contribution in [0.15, 0.2) is 24.3 Å². The number of hydrogen-bond donors (Lipinski definition) is 1. The van der Waals surface area contributed by atoms with Crippen LogP contribution in [0.1, 0.15) is 34.6 Å². The fraction of sp³-hybridized carbons (Fsp3) is 0.500. The van der Waals surface area contributed by atoms with E-state index in [0.717, 1.165) is 0 Å². The van der Waals surface area contributed by atoms with Gasteiger partial charge in [0, 0.05) is 26.5 Å². The van der Waals surface area contributed by atoms with Crippen LogP contribution < -0.4 is 10.1 Å². The molecule has 1 aromatic rings. The largest absolute Gasteiger partial charge is 0.480 e. The predicted octanol–water partition coefficient (Wildman–Crippen LogP) is 2.40. The van der Waals surface area contributed by atoms with E-state index < -0.39 is 28.6 Å². The number of anilines is 1. The van der Waals surface area contributed by atoms with E-state index in [1.165, 1.54) is 20.8 Å². The summed E-state index contributed by atoms with van der Waals surface area (Å²) in [4.78, 5) is 33.4. The number of carbonyl (C=O) groups excluding carboxylic acids is 2. The molecule has 0 saturated carbocycles. The lowest BCUT2D eigenvalue weighted by Crippen LogP contribution is -2.44. The summed E-state index contributed by atoms with van der Waals surface area (Å²) < 4.78 is 10.7. The molecule has 0 heterocycles. The van der Waals surface area contributed by atoms with Gasteiger partial charge in [0.25, 0.3) is 0 Å². The molecule has 1 rings (SSSR count). The molecule has 0 fully saturated rings. The smallest absolute Gasteiger partial charge is 0.319 e. The van der Waals surface area contributed by atoms with Gasteiger partial charge in [-0.15, -0.1) is 0 Å². The molecule has 8 heteroatoms. The molecule has 1 aromatic carbocycles. The molecule has 8 nitrogen and oxygen atoms in total. The molecular weight excluding hydrogens is 316 g/mol. The summed E-state index contributed by atoms with van der Waals surface area (Å²) in [6.07, 6.45) is 0. The maximum Gasteiger partial charge on any atom is 0.319 e. The van der Waals surface area contributed by atoms with Gasteiger partial charge in [0.1, 0.15) is 12.4 Å². The Morgan fingerprint density at radius 3 is 2.17 bits per heavy atom. The van der Waals surface area contributed by atoms with Crippen LogP contribution in [0.2, 0.25) is 0 Å². The van der Waals surface area contributed by atoms with Crippen LogP contribution in [0, 0.1) is 10.1 Å². The lowest BCUT2D eigenvalue weighted by atomic mass is 10.0. The van der Waals surface area contributed by atoms with Gasteiger partial charge in [-0.25, -0.2) is 0 Å². The number of nitro groups is 1. The summed E-state index contributed by atoms with van der Waals surface area (Å²) in [7, 11) is 0. The second-order valence-electron chi connectivity index (χ2n) is 6.23. The number of hydrogen-bond acceptors (Lipinski definition) is 6. The maximum atomic E-state index is 12.2. The number of benzene rings is 1. The van der Waals surface area contributed by atoms with Crippen LogP contribution in [0.4, 0.5) is 5.69 Å². The first-order valence-corrected chi connectivity index (χ1v) is 7.32. The van der Waals surface area contributed by atoms with Gasteiger partial charge in [-0.3, -0.25) is 19.7 Å². The number of rotatable bonds is 8. The van der Waals surface area contributed by atoms with Crippen molar-refractivity contribution in [3.63, 3.8) is 0 Å². The summed E-state index contributed by atoms with van der Waals surface area (Å²) in [5.41, 5.74) is -2.26. The molecule has 0 aliphatic rings. The topological polar surface area (TPSA) is 108 Å². The fourth-order valence-corrected chi connectivity index (χ4v) is 1.63. The molecule has 0 unspecified atom stereocenters. The van der Waals surface area contributed by atoms with E-state index in [1.54, 1.807) is 38.1 Å². The first-order chi connectivity index (χ1) is 10.9. The summed E-state index contributed by atoms with van der Waals surface area (Å²) in [6, 6.07) is 6.51. The first-order valence-electron chi connectivity index (χ1n) is 7.32. The van der Waals surface area contributed by atoms with Crippen molar-refractivity contribution in [2.75, 3.05) is 11.9 Å². The summed E-state index contributed by atoms with van der Waals surface area (Å²) in [5.74, 6) is -0.191. The molecule has 0 spiro atoms. The molecule has 1 N–H and O–H groups in total. The lowest BCUT2D eigenvalue weighted by molar-refractivity contribution is -0.618.